The van der Waals surface area contributed by atoms with Crippen LogP contribution in [0.2, 0.25) is 0 Å². The summed E-state index contributed by atoms with van der Waals surface area (Å²) in [6.07, 6.45) is -9.22. The SMILES string of the molecule is FC1(F)CCCOC(F)(F)C(F)(F)C(F)(F)C1(F)F. The number of halogens is 10. The maximum atomic E-state index is 12.9. The van der Waals surface area contributed by atoms with E-state index in [0.717, 1.165) is 0 Å². The van der Waals surface area contributed by atoms with Crippen molar-refractivity contribution in [2.24, 2.45) is 0 Å². The summed E-state index contributed by atoms with van der Waals surface area (Å²) in [7, 11) is 0. The van der Waals surface area contributed by atoms with Gasteiger partial charge in [0.1, 0.15) is 0 Å². The molecule has 1 aliphatic heterocycles. The minimum atomic E-state index is -6.99. The standard InChI is InChI=1S/C8H6F10O/c9-4(10)2-1-3-19-8(17,18)7(15,16)6(13,14)5(4,11)12/h1-3H2. The van der Waals surface area contributed by atoms with Crippen molar-refractivity contribution in [3.05, 3.63) is 0 Å². The fourth-order valence-electron chi connectivity index (χ4n) is 1.35. The molecule has 11 heteroatoms. The Labute approximate surface area is 99.1 Å². The van der Waals surface area contributed by atoms with Gasteiger partial charge in [0.15, 0.2) is 0 Å². The van der Waals surface area contributed by atoms with Crippen LogP contribution in [0.25, 0.3) is 0 Å². The van der Waals surface area contributed by atoms with E-state index in [1.165, 1.54) is 0 Å². The molecular weight excluding hydrogens is 302 g/mol. The lowest BCUT2D eigenvalue weighted by Crippen LogP contribution is -2.67. The third kappa shape index (κ3) is 2.05. The van der Waals surface area contributed by atoms with E-state index in [9.17, 15) is 43.9 Å². The van der Waals surface area contributed by atoms with E-state index in [2.05, 4.69) is 4.74 Å². The molecule has 1 heterocycles. The average Bonchev–Trinajstić information content (AvgIpc) is 2.23. The van der Waals surface area contributed by atoms with Gasteiger partial charge in [0.25, 0.3) is 0 Å². The minimum Gasteiger partial charge on any atom is -0.316 e. The lowest BCUT2D eigenvalue weighted by molar-refractivity contribution is -0.440. The van der Waals surface area contributed by atoms with Crippen molar-refractivity contribution in [1.82, 2.24) is 0 Å². The largest absolute Gasteiger partial charge is 0.426 e. The topological polar surface area (TPSA) is 9.23 Å². The van der Waals surface area contributed by atoms with Gasteiger partial charge < -0.3 is 4.74 Å². The Bertz CT molecular complexity index is 317. The number of rotatable bonds is 0. The quantitative estimate of drug-likeness (QED) is 0.616. The summed E-state index contributed by atoms with van der Waals surface area (Å²) in [5.41, 5.74) is 0. The summed E-state index contributed by atoms with van der Waals surface area (Å²) < 4.78 is 131. The first-order valence-electron chi connectivity index (χ1n) is 4.74. The van der Waals surface area contributed by atoms with Crippen LogP contribution >= 0.6 is 0 Å². The van der Waals surface area contributed by atoms with Crippen molar-refractivity contribution in [3.8, 4) is 0 Å². The average molecular weight is 308 g/mol. The molecule has 1 rings (SSSR count). The molecule has 0 N–H and O–H groups in total. The van der Waals surface area contributed by atoms with Crippen LogP contribution in [0.1, 0.15) is 12.8 Å². The molecule has 0 aromatic carbocycles. The third-order valence-corrected chi connectivity index (χ3v) is 2.53. The van der Waals surface area contributed by atoms with E-state index in [1.54, 1.807) is 0 Å². The normalized spacial score (nSPS) is 31.9. The molecule has 0 bridgehead atoms. The smallest absolute Gasteiger partial charge is 0.316 e. The van der Waals surface area contributed by atoms with Gasteiger partial charge in [-0.25, -0.2) is 0 Å². The van der Waals surface area contributed by atoms with E-state index >= 15 is 0 Å². The van der Waals surface area contributed by atoms with E-state index in [0.29, 0.717) is 0 Å². The summed E-state index contributed by atoms with van der Waals surface area (Å²) in [4.78, 5) is 0. The molecular formula is C8H6F10O. The van der Waals surface area contributed by atoms with Crippen LogP contribution in [0.3, 0.4) is 0 Å². The second-order valence-corrected chi connectivity index (χ2v) is 3.90. The lowest BCUT2D eigenvalue weighted by atomic mass is 9.96. The minimum absolute atomic E-state index is 1.22. The first-order valence-corrected chi connectivity index (χ1v) is 4.74. The van der Waals surface area contributed by atoms with Crippen molar-refractivity contribution in [3.63, 3.8) is 0 Å². The number of alkyl halides is 10. The molecule has 0 amide bonds. The Morgan fingerprint density at radius 2 is 1.11 bits per heavy atom. The highest BCUT2D eigenvalue weighted by atomic mass is 19.4. The predicted octanol–water partition coefficient (Wildman–Crippen LogP) is 3.93. The molecule has 0 spiro atoms. The van der Waals surface area contributed by atoms with Crippen LogP contribution < -0.4 is 0 Å². The van der Waals surface area contributed by atoms with Crippen molar-refractivity contribution < 1.29 is 48.6 Å². The molecule has 114 valence electrons. The van der Waals surface area contributed by atoms with Gasteiger partial charge in [-0.2, -0.15) is 43.9 Å². The number of hydrogen-bond acceptors (Lipinski definition) is 1. The first-order chi connectivity index (χ1) is 8.21. The highest BCUT2D eigenvalue weighted by Crippen LogP contribution is 2.58. The van der Waals surface area contributed by atoms with Gasteiger partial charge in [0, 0.05) is 6.42 Å². The van der Waals surface area contributed by atoms with Crippen molar-refractivity contribution in [2.75, 3.05) is 6.61 Å². The summed E-state index contributed by atoms with van der Waals surface area (Å²) in [5, 5.41) is 0. The molecule has 1 saturated heterocycles. The van der Waals surface area contributed by atoms with Gasteiger partial charge >= 0.3 is 29.8 Å². The summed E-state index contributed by atoms with van der Waals surface area (Å²) in [6.45, 7) is -1.50. The Hall–Kier alpha value is -0.740. The Morgan fingerprint density at radius 1 is 0.632 bits per heavy atom. The van der Waals surface area contributed by atoms with Crippen LogP contribution in [0.15, 0.2) is 0 Å². The molecule has 0 aromatic heterocycles. The van der Waals surface area contributed by atoms with Gasteiger partial charge in [-0.3, -0.25) is 0 Å². The van der Waals surface area contributed by atoms with Crippen molar-refractivity contribution in [2.45, 2.75) is 42.6 Å². The maximum Gasteiger partial charge on any atom is 0.426 e. The zero-order valence-electron chi connectivity index (χ0n) is 8.81. The molecule has 1 fully saturated rings. The zero-order chi connectivity index (χ0) is 15.3. The number of ether oxygens (including phenoxy) is 1. The van der Waals surface area contributed by atoms with Crippen LogP contribution in [-0.2, 0) is 4.74 Å². The fourth-order valence-corrected chi connectivity index (χ4v) is 1.35. The molecule has 0 radical (unpaired) electrons. The van der Waals surface area contributed by atoms with Crippen molar-refractivity contribution in [1.29, 1.82) is 0 Å². The van der Waals surface area contributed by atoms with Gasteiger partial charge in [-0.15, -0.1) is 0 Å². The molecule has 1 nitrogen and oxygen atoms in total. The van der Waals surface area contributed by atoms with Gasteiger partial charge in [0.05, 0.1) is 6.61 Å². The molecule has 0 aromatic rings. The second-order valence-electron chi connectivity index (χ2n) is 3.90. The van der Waals surface area contributed by atoms with Gasteiger partial charge in [-0.1, -0.05) is 0 Å². The summed E-state index contributed by atoms with van der Waals surface area (Å²) in [5.74, 6) is -26.0. The van der Waals surface area contributed by atoms with E-state index < -0.39 is 49.2 Å². The van der Waals surface area contributed by atoms with E-state index in [1.807, 2.05) is 0 Å². The molecule has 0 saturated carbocycles. The van der Waals surface area contributed by atoms with Crippen LogP contribution in [-0.4, -0.2) is 36.4 Å². The van der Waals surface area contributed by atoms with Crippen LogP contribution in [0.4, 0.5) is 43.9 Å². The maximum absolute atomic E-state index is 12.9. The highest BCUT2D eigenvalue weighted by molar-refractivity contribution is 5.06. The number of hydrogen-bond donors (Lipinski definition) is 0. The molecule has 0 aliphatic carbocycles. The Balaban J connectivity index is 3.44. The van der Waals surface area contributed by atoms with E-state index in [-0.39, 0.29) is 0 Å². The van der Waals surface area contributed by atoms with Crippen molar-refractivity contribution >= 4 is 0 Å². The summed E-state index contributed by atoms with van der Waals surface area (Å²) >= 11 is 0. The van der Waals surface area contributed by atoms with Gasteiger partial charge in [0.2, 0.25) is 0 Å². The van der Waals surface area contributed by atoms with Crippen LogP contribution in [0, 0.1) is 0 Å². The Kier molecular flexibility index (Phi) is 3.54. The Morgan fingerprint density at radius 3 is 1.58 bits per heavy atom. The highest BCUT2D eigenvalue weighted by Gasteiger charge is 2.87. The van der Waals surface area contributed by atoms with Gasteiger partial charge in [-0.05, 0) is 6.42 Å². The molecule has 0 unspecified atom stereocenters. The van der Waals surface area contributed by atoms with E-state index in [4.69, 9.17) is 0 Å². The summed E-state index contributed by atoms with van der Waals surface area (Å²) in [6, 6.07) is 0. The molecule has 1 aliphatic rings. The van der Waals surface area contributed by atoms with Crippen LogP contribution in [0.5, 0.6) is 0 Å². The second kappa shape index (κ2) is 4.13. The molecule has 19 heavy (non-hydrogen) atoms. The fraction of sp³-hybridized carbons (Fsp3) is 1.00. The monoisotopic (exact) mass is 308 g/mol. The lowest BCUT2D eigenvalue weighted by Gasteiger charge is -2.37. The zero-order valence-corrected chi connectivity index (χ0v) is 8.81. The third-order valence-electron chi connectivity index (χ3n) is 2.53. The predicted molar refractivity (Wildman–Crippen MR) is 39.9 cm³/mol. The first kappa shape index (κ1) is 16.3. The molecule has 0 atom stereocenters.